The number of rotatable bonds is 1. The van der Waals surface area contributed by atoms with Crippen molar-refractivity contribution < 1.29 is 0 Å². The van der Waals surface area contributed by atoms with E-state index in [4.69, 9.17) is 0 Å². The SMILES string of the molecule is CC.CN(C)c1ncnc2c1ncn2C. The van der Waals surface area contributed by atoms with Crippen molar-refractivity contribution in [3.8, 4) is 0 Å². The summed E-state index contributed by atoms with van der Waals surface area (Å²) in [6, 6.07) is 0. The molecule has 0 radical (unpaired) electrons. The molecule has 15 heavy (non-hydrogen) atoms. The van der Waals surface area contributed by atoms with E-state index in [1.165, 1.54) is 0 Å². The van der Waals surface area contributed by atoms with E-state index < -0.39 is 0 Å². The van der Waals surface area contributed by atoms with Crippen LogP contribution in [0.4, 0.5) is 5.82 Å². The molecule has 82 valence electrons. The molecule has 2 aromatic rings. The van der Waals surface area contributed by atoms with E-state index in [2.05, 4.69) is 15.0 Å². The first-order chi connectivity index (χ1) is 7.20. The molecule has 5 nitrogen and oxygen atoms in total. The van der Waals surface area contributed by atoms with E-state index in [1.54, 1.807) is 12.7 Å². The van der Waals surface area contributed by atoms with Crippen LogP contribution in [-0.4, -0.2) is 33.6 Å². The topological polar surface area (TPSA) is 46.8 Å². The van der Waals surface area contributed by atoms with E-state index in [0.29, 0.717) is 0 Å². The molecule has 2 aromatic heterocycles. The molecule has 0 spiro atoms. The predicted molar refractivity (Wildman–Crippen MR) is 62.0 cm³/mol. The molecule has 5 heteroatoms. The van der Waals surface area contributed by atoms with Crippen LogP contribution in [0.5, 0.6) is 0 Å². The average molecular weight is 207 g/mol. The number of aryl methyl sites for hydroxylation is 1. The van der Waals surface area contributed by atoms with Gasteiger partial charge in [0.1, 0.15) is 6.33 Å². The molecule has 0 bridgehead atoms. The lowest BCUT2D eigenvalue weighted by Gasteiger charge is -2.10. The molecule has 0 saturated heterocycles. The van der Waals surface area contributed by atoms with Crippen LogP contribution in [0.1, 0.15) is 13.8 Å². The maximum Gasteiger partial charge on any atom is 0.165 e. The van der Waals surface area contributed by atoms with Gasteiger partial charge in [0.05, 0.1) is 6.33 Å². The minimum Gasteiger partial charge on any atom is -0.361 e. The van der Waals surface area contributed by atoms with Gasteiger partial charge in [0.15, 0.2) is 17.0 Å². The average Bonchev–Trinajstić information content (AvgIpc) is 2.63. The van der Waals surface area contributed by atoms with Gasteiger partial charge in [-0.2, -0.15) is 0 Å². The number of hydrogen-bond donors (Lipinski definition) is 0. The highest BCUT2D eigenvalue weighted by Crippen LogP contribution is 2.17. The molecule has 0 aromatic carbocycles. The number of fused-ring (bicyclic) bond motifs is 1. The van der Waals surface area contributed by atoms with Crippen molar-refractivity contribution in [3.63, 3.8) is 0 Å². The van der Waals surface area contributed by atoms with Crippen LogP contribution in [0, 0.1) is 0 Å². The van der Waals surface area contributed by atoms with Gasteiger partial charge in [-0.05, 0) is 0 Å². The van der Waals surface area contributed by atoms with Crippen molar-refractivity contribution in [2.45, 2.75) is 13.8 Å². The molecule has 2 rings (SSSR count). The fourth-order valence-corrected chi connectivity index (χ4v) is 1.26. The Bertz CT molecular complexity index is 432. The summed E-state index contributed by atoms with van der Waals surface area (Å²) in [5.41, 5.74) is 1.70. The van der Waals surface area contributed by atoms with Crippen LogP contribution in [0.15, 0.2) is 12.7 Å². The fourth-order valence-electron chi connectivity index (χ4n) is 1.26. The van der Waals surface area contributed by atoms with Crippen LogP contribution in [0.2, 0.25) is 0 Å². The van der Waals surface area contributed by atoms with Gasteiger partial charge < -0.3 is 9.47 Å². The summed E-state index contributed by atoms with van der Waals surface area (Å²) in [7, 11) is 5.80. The third kappa shape index (κ3) is 2.06. The summed E-state index contributed by atoms with van der Waals surface area (Å²) in [4.78, 5) is 14.5. The standard InChI is InChI=1S/C8H11N5.C2H6/c1-12(2)7-6-8(10-4-9-7)13(3)5-11-6;1-2/h4-5H,1-3H3;1-2H3. The van der Waals surface area contributed by atoms with Gasteiger partial charge in [-0.25, -0.2) is 15.0 Å². The molecule has 0 unspecified atom stereocenters. The summed E-state index contributed by atoms with van der Waals surface area (Å²) in [6.45, 7) is 4.00. The first-order valence-electron chi connectivity index (χ1n) is 4.99. The normalized spacial score (nSPS) is 9.67. The lowest BCUT2D eigenvalue weighted by Crippen LogP contribution is -2.11. The quantitative estimate of drug-likeness (QED) is 0.710. The summed E-state index contributed by atoms with van der Waals surface area (Å²) < 4.78 is 1.88. The Morgan fingerprint density at radius 1 is 1.13 bits per heavy atom. The monoisotopic (exact) mass is 207 g/mol. The second kappa shape index (κ2) is 4.72. The predicted octanol–water partition coefficient (Wildman–Crippen LogP) is 1.46. The number of aromatic nitrogens is 4. The Labute approximate surface area is 89.8 Å². The molecule has 2 heterocycles. The maximum absolute atomic E-state index is 4.24. The number of anilines is 1. The first kappa shape index (κ1) is 11.4. The molecule has 0 saturated carbocycles. The lowest BCUT2D eigenvalue weighted by molar-refractivity contribution is 0.927. The Morgan fingerprint density at radius 3 is 2.40 bits per heavy atom. The summed E-state index contributed by atoms with van der Waals surface area (Å²) in [6.07, 6.45) is 3.30. The van der Waals surface area contributed by atoms with Crippen molar-refractivity contribution in [2.24, 2.45) is 7.05 Å². The zero-order valence-corrected chi connectivity index (χ0v) is 9.89. The largest absolute Gasteiger partial charge is 0.361 e. The van der Waals surface area contributed by atoms with E-state index in [1.807, 2.05) is 44.5 Å². The highest BCUT2D eigenvalue weighted by Gasteiger charge is 2.08. The second-order valence-electron chi connectivity index (χ2n) is 3.12. The van der Waals surface area contributed by atoms with Gasteiger partial charge in [-0.15, -0.1) is 0 Å². The van der Waals surface area contributed by atoms with Gasteiger partial charge in [0, 0.05) is 21.1 Å². The molecule has 0 aliphatic heterocycles. The highest BCUT2D eigenvalue weighted by atomic mass is 15.2. The van der Waals surface area contributed by atoms with Crippen LogP contribution in [0.3, 0.4) is 0 Å². The van der Waals surface area contributed by atoms with E-state index >= 15 is 0 Å². The van der Waals surface area contributed by atoms with E-state index in [-0.39, 0.29) is 0 Å². The Balaban J connectivity index is 0.000000531. The summed E-state index contributed by atoms with van der Waals surface area (Å²) in [5.74, 6) is 0.852. The van der Waals surface area contributed by atoms with Gasteiger partial charge in [0.25, 0.3) is 0 Å². The van der Waals surface area contributed by atoms with Gasteiger partial charge in [-0.3, -0.25) is 0 Å². The van der Waals surface area contributed by atoms with Gasteiger partial charge in [-0.1, -0.05) is 13.8 Å². The first-order valence-corrected chi connectivity index (χ1v) is 4.99. The van der Waals surface area contributed by atoms with Crippen LogP contribution < -0.4 is 4.90 Å². The third-order valence-electron chi connectivity index (χ3n) is 1.90. The lowest BCUT2D eigenvalue weighted by atomic mass is 10.5. The van der Waals surface area contributed by atoms with E-state index in [0.717, 1.165) is 17.0 Å². The van der Waals surface area contributed by atoms with Gasteiger partial charge >= 0.3 is 0 Å². The number of imidazole rings is 1. The summed E-state index contributed by atoms with van der Waals surface area (Å²) >= 11 is 0. The highest BCUT2D eigenvalue weighted by molar-refractivity contribution is 5.82. The summed E-state index contributed by atoms with van der Waals surface area (Å²) in [5, 5.41) is 0. The Kier molecular flexibility index (Phi) is 3.60. The zero-order chi connectivity index (χ0) is 11.4. The zero-order valence-electron chi connectivity index (χ0n) is 9.89. The molecule has 0 aliphatic rings. The molecule has 0 amide bonds. The van der Waals surface area contributed by atoms with Crippen LogP contribution >= 0.6 is 0 Å². The fraction of sp³-hybridized carbons (Fsp3) is 0.500. The molecular formula is C10H17N5. The molecular weight excluding hydrogens is 190 g/mol. The van der Waals surface area contributed by atoms with Crippen molar-refractivity contribution >= 4 is 17.0 Å². The number of nitrogens with zero attached hydrogens (tertiary/aromatic N) is 5. The minimum atomic E-state index is 0.843. The molecule has 0 N–H and O–H groups in total. The second-order valence-corrected chi connectivity index (χ2v) is 3.12. The van der Waals surface area contributed by atoms with Crippen LogP contribution in [-0.2, 0) is 7.05 Å². The third-order valence-corrected chi connectivity index (χ3v) is 1.90. The maximum atomic E-state index is 4.24. The Morgan fingerprint density at radius 2 is 1.80 bits per heavy atom. The number of hydrogen-bond acceptors (Lipinski definition) is 4. The molecule has 0 fully saturated rings. The van der Waals surface area contributed by atoms with Crippen molar-refractivity contribution in [2.75, 3.05) is 19.0 Å². The van der Waals surface area contributed by atoms with Crippen LogP contribution in [0.25, 0.3) is 11.2 Å². The van der Waals surface area contributed by atoms with Crippen molar-refractivity contribution in [3.05, 3.63) is 12.7 Å². The Hall–Kier alpha value is -1.65. The van der Waals surface area contributed by atoms with Crippen molar-refractivity contribution in [1.29, 1.82) is 0 Å². The molecule has 0 aliphatic carbocycles. The van der Waals surface area contributed by atoms with Crippen molar-refractivity contribution in [1.82, 2.24) is 19.5 Å². The van der Waals surface area contributed by atoms with Gasteiger partial charge in [0.2, 0.25) is 0 Å². The minimum absolute atomic E-state index is 0.843. The van der Waals surface area contributed by atoms with E-state index in [9.17, 15) is 0 Å². The smallest absolute Gasteiger partial charge is 0.165 e. The molecule has 0 atom stereocenters.